The van der Waals surface area contributed by atoms with Gasteiger partial charge in [-0.3, -0.25) is 9.59 Å². The maximum atomic E-state index is 13.1. The normalized spacial score (nSPS) is 23.4. The van der Waals surface area contributed by atoms with Gasteiger partial charge < -0.3 is 15.5 Å². The first-order valence-corrected chi connectivity index (χ1v) is 10.6. The van der Waals surface area contributed by atoms with Crippen LogP contribution in [0.1, 0.15) is 66.8 Å². The SMILES string of the molecule is O=C(CCC1CCN(C(=O)c2ccccc2[C@H]2CCNC2)CC1)NC1CC1. The van der Waals surface area contributed by atoms with E-state index in [1.807, 2.05) is 23.1 Å². The molecule has 5 heteroatoms. The van der Waals surface area contributed by atoms with Gasteiger partial charge in [0.05, 0.1) is 0 Å². The summed E-state index contributed by atoms with van der Waals surface area (Å²) in [5, 5.41) is 6.47. The Morgan fingerprint density at radius 1 is 1.07 bits per heavy atom. The number of hydrogen-bond acceptors (Lipinski definition) is 3. The van der Waals surface area contributed by atoms with E-state index >= 15 is 0 Å². The highest BCUT2D eigenvalue weighted by Crippen LogP contribution is 2.29. The number of amides is 2. The average Bonchev–Trinajstić information content (AvgIpc) is 3.34. The quantitative estimate of drug-likeness (QED) is 0.810. The smallest absolute Gasteiger partial charge is 0.254 e. The third-order valence-electron chi connectivity index (χ3n) is 6.32. The van der Waals surface area contributed by atoms with Crippen molar-refractivity contribution in [2.45, 2.75) is 56.9 Å². The zero-order valence-electron chi connectivity index (χ0n) is 16.1. The van der Waals surface area contributed by atoms with Crippen LogP contribution in [0.15, 0.2) is 24.3 Å². The number of carbonyl (C=O) groups excluding carboxylic acids is 2. The first kappa shape index (κ1) is 18.5. The standard InChI is InChI=1S/C22H31N3O2/c26-21(24-18-6-7-18)8-5-16-10-13-25(14-11-16)22(27)20-4-2-1-3-19(20)17-9-12-23-15-17/h1-4,16-18,23H,5-15H2,(H,24,26)/t17-/m0/s1. The monoisotopic (exact) mass is 369 g/mol. The summed E-state index contributed by atoms with van der Waals surface area (Å²) < 4.78 is 0. The van der Waals surface area contributed by atoms with Gasteiger partial charge in [-0.25, -0.2) is 0 Å². The van der Waals surface area contributed by atoms with Gasteiger partial charge >= 0.3 is 0 Å². The van der Waals surface area contributed by atoms with Crippen molar-refractivity contribution < 1.29 is 9.59 Å². The van der Waals surface area contributed by atoms with Crippen LogP contribution >= 0.6 is 0 Å². The van der Waals surface area contributed by atoms with E-state index < -0.39 is 0 Å². The molecule has 0 unspecified atom stereocenters. The topological polar surface area (TPSA) is 61.4 Å². The predicted octanol–water partition coefficient (Wildman–Crippen LogP) is 2.67. The fourth-order valence-electron chi connectivity index (χ4n) is 4.43. The lowest BCUT2D eigenvalue weighted by Gasteiger charge is -2.32. The Kier molecular flexibility index (Phi) is 5.77. The Labute approximate surface area is 161 Å². The lowest BCUT2D eigenvalue weighted by atomic mass is 9.90. The number of nitrogens with one attached hydrogen (secondary N) is 2. The summed E-state index contributed by atoms with van der Waals surface area (Å²) in [7, 11) is 0. The molecule has 0 radical (unpaired) electrons. The molecule has 2 N–H and O–H groups in total. The van der Waals surface area contributed by atoms with Gasteiger partial charge in [-0.15, -0.1) is 0 Å². The van der Waals surface area contributed by atoms with Gasteiger partial charge in [0, 0.05) is 37.7 Å². The second-order valence-electron chi connectivity index (χ2n) is 8.39. The van der Waals surface area contributed by atoms with Gasteiger partial charge in [0.2, 0.25) is 5.91 Å². The van der Waals surface area contributed by atoms with Gasteiger partial charge in [-0.05, 0) is 68.5 Å². The van der Waals surface area contributed by atoms with Gasteiger partial charge in [-0.1, -0.05) is 18.2 Å². The van der Waals surface area contributed by atoms with E-state index in [0.717, 1.165) is 70.3 Å². The number of benzene rings is 1. The van der Waals surface area contributed by atoms with Gasteiger partial charge in [-0.2, -0.15) is 0 Å². The number of nitrogens with zero attached hydrogens (tertiary/aromatic N) is 1. The molecule has 0 aromatic heterocycles. The molecule has 1 atom stereocenters. The van der Waals surface area contributed by atoms with E-state index in [0.29, 0.717) is 24.3 Å². The summed E-state index contributed by atoms with van der Waals surface area (Å²) in [5.41, 5.74) is 2.08. The van der Waals surface area contributed by atoms with Crippen molar-refractivity contribution in [2.75, 3.05) is 26.2 Å². The Balaban J connectivity index is 1.29. The van der Waals surface area contributed by atoms with Crippen molar-refractivity contribution in [3.05, 3.63) is 35.4 Å². The Bertz CT molecular complexity index is 672. The minimum Gasteiger partial charge on any atom is -0.353 e. The van der Waals surface area contributed by atoms with E-state index in [1.54, 1.807) is 0 Å². The molecule has 146 valence electrons. The van der Waals surface area contributed by atoms with Crippen LogP contribution in [0.5, 0.6) is 0 Å². The second-order valence-corrected chi connectivity index (χ2v) is 8.39. The molecule has 1 aromatic rings. The van der Waals surface area contributed by atoms with E-state index in [-0.39, 0.29) is 11.8 Å². The molecular weight excluding hydrogens is 338 g/mol. The van der Waals surface area contributed by atoms with Crippen LogP contribution in [-0.4, -0.2) is 48.9 Å². The number of hydrogen-bond donors (Lipinski definition) is 2. The van der Waals surface area contributed by atoms with Crippen LogP contribution in [0.4, 0.5) is 0 Å². The highest BCUT2D eigenvalue weighted by molar-refractivity contribution is 5.96. The molecule has 1 aromatic carbocycles. The Morgan fingerprint density at radius 3 is 2.56 bits per heavy atom. The van der Waals surface area contributed by atoms with Crippen molar-refractivity contribution in [1.29, 1.82) is 0 Å². The lowest BCUT2D eigenvalue weighted by molar-refractivity contribution is -0.121. The average molecular weight is 370 g/mol. The molecule has 2 amide bonds. The molecular formula is C22H31N3O2. The van der Waals surface area contributed by atoms with Gasteiger partial charge in [0.25, 0.3) is 5.91 Å². The predicted molar refractivity (Wildman–Crippen MR) is 106 cm³/mol. The molecule has 4 rings (SSSR count). The van der Waals surface area contributed by atoms with Crippen molar-refractivity contribution >= 4 is 11.8 Å². The molecule has 2 aliphatic heterocycles. The molecule has 2 heterocycles. The summed E-state index contributed by atoms with van der Waals surface area (Å²) in [4.78, 5) is 27.0. The van der Waals surface area contributed by atoms with Gasteiger partial charge in [0.1, 0.15) is 0 Å². The van der Waals surface area contributed by atoms with Crippen molar-refractivity contribution in [2.24, 2.45) is 5.92 Å². The molecule has 0 spiro atoms. The Morgan fingerprint density at radius 2 is 1.85 bits per heavy atom. The number of rotatable bonds is 6. The fraction of sp³-hybridized carbons (Fsp3) is 0.636. The molecule has 27 heavy (non-hydrogen) atoms. The molecule has 1 saturated carbocycles. The first-order chi connectivity index (χ1) is 13.2. The number of likely N-dealkylation sites (tertiary alicyclic amines) is 1. The first-order valence-electron chi connectivity index (χ1n) is 10.6. The lowest BCUT2D eigenvalue weighted by Crippen LogP contribution is -2.39. The molecule has 5 nitrogen and oxygen atoms in total. The minimum atomic E-state index is 0.183. The van der Waals surface area contributed by atoms with Gasteiger partial charge in [0.15, 0.2) is 0 Å². The molecule has 1 aliphatic carbocycles. The van der Waals surface area contributed by atoms with E-state index in [1.165, 1.54) is 5.56 Å². The van der Waals surface area contributed by atoms with Crippen LogP contribution in [0.2, 0.25) is 0 Å². The van der Waals surface area contributed by atoms with E-state index in [9.17, 15) is 9.59 Å². The fourth-order valence-corrected chi connectivity index (χ4v) is 4.43. The van der Waals surface area contributed by atoms with E-state index in [2.05, 4.69) is 16.7 Å². The summed E-state index contributed by atoms with van der Waals surface area (Å²) in [6, 6.07) is 8.58. The van der Waals surface area contributed by atoms with Crippen LogP contribution in [0.3, 0.4) is 0 Å². The van der Waals surface area contributed by atoms with Crippen LogP contribution < -0.4 is 10.6 Å². The molecule has 3 aliphatic rings. The number of piperidine rings is 1. The zero-order chi connectivity index (χ0) is 18.6. The third kappa shape index (κ3) is 4.70. The number of carbonyl (C=O) groups is 2. The summed E-state index contributed by atoms with van der Waals surface area (Å²) in [6.07, 6.45) is 6.99. The minimum absolute atomic E-state index is 0.183. The van der Waals surface area contributed by atoms with E-state index in [4.69, 9.17) is 0 Å². The summed E-state index contributed by atoms with van der Waals surface area (Å²) in [6.45, 7) is 3.62. The highest BCUT2D eigenvalue weighted by Gasteiger charge is 2.28. The van der Waals surface area contributed by atoms with Crippen LogP contribution in [-0.2, 0) is 4.79 Å². The highest BCUT2D eigenvalue weighted by atomic mass is 16.2. The van der Waals surface area contributed by atoms with Crippen LogP contribution in [0, 0.1) is 5.92 Å². The molecule has 2 saturated heterocycles. The third-order valence-corrected chi connectivity index (χ3v) is 6.32. The summed E-state index contributed by atoms with van der Waals surface area (Å²) >= 11 is 0. The zero-order valence-corrected chi connectivity index (χ0v) is 16.1. The maximum Gasteiger partial charge on any atom is 0.254 e. The largest absolute Gasteiger partial charge is 0.353 e. The summed E-state index contributed by atoms with van der Waals surface area (Å²) in [5.74, 6) is 1.40. The van der Waals surface area contributed by atoms with Crippen LogP contribution in [0.25, 0.3) is 0 Å². The molecule has 3 fully saturated rings. The van der Waals surface area contributed by atoms with Crippen molar-refractivity contribution in [1.82, 2.24) is 15.5 Å². The maximum absolute atomic E-state index is 13.1. The molecule has 0 bridgehead atoms. The van der Waals surface area contributed by atoms with Crippen molar-refractivity contribution in [3.63, 3.8) is 0 Å². The van der Waals surface area contributed by atoms with Crippen molar-refractivity contribution in [3.8, 4) is 0 Å². The second kappa shape index (κ2) is 8.42. The Hall–Kier alpha value is -1.88.